The molecule has 9 heteroatoms. The van der Waals surface area contributed by atoms with Crippen molar-refractivity contribution in [3.05, 3.63) is 0 Å². The zero-order valence-electron chi connectivity index (χ0n) is 7.94. The maximum Gasteiger partial charge on any atom is 0.369 e. The van der Waals surface area contributed by atoms with Gasteiger partial charge in [0, 0.05) is 13.0 Å². The van der Waals surface area contributed by atoms with Crippen LogP contribution in [-0.4, -0.2) is 31.3 Å². The summed E-state index contributed by atoms with van der Waals surface area (Å²) in [5.41, 5.74) is 0. The number of rotatable bonds is 2. The van der Waals surface area contributed by atoms with Crippen LogP contribution in [0.2, 0.25) is 0 Å². The second kappa shape index (κ2) is 4.26. The van der Waals surface area contributed by atoms with Gasteiger partial charge in [0.15, 0.2) is 0 Å². The molecule has 0 bridgehead atoms. The Kier molecular flexibility index (Phi) is 3.78. The Morgan fingerprint density at radius 2 is 1.47 bits per heavy atom. The van der Waals surface area contributed by atoms with Crippen LogP contribution in [0.5, 0.6) is 0 Å². The van der Waals surface area contributed by atoms with Crippen LogP contribution in [0.4, 0.5) is 0 Å². The molecule has 0 amide bonds. The highest BCUT2D eigenvalue weighted by molar-refractivity contribution is 7.72. The van der Waals surface area contributed by atoms with Crippen molar-refractivity contribution in [2.75, 3.05) is 6.61 Å². The molecule has 0 saturated carbocycles. The predicted octanol–water partition coefficient (Wildman–Crippen LogP) is 0.586. The number of hydrogen-bond acceptors (Lipinski definition) is 3. The molecule has 1 aliphatic heterocycles. The first-order valence-electron chi connectivity index (χ1n) is 4.46. The minimum absolute atomic E-state index is 0.0454. The van der Waals surface area contributed by atoms with Crippen LogP contribution < -0.4 is 0 Å². The van der Waals surface area contributed by atoms with Crippen LogP contribution in [0.1, 0.15) is 25.7 Å². The van der Waals surface area contributed by atoms with Gasteiger partial charge >= 0.3 is 15.2 Å². The van der Waals surface area contributed by atoms with Gasteiger partial charge in [-0.3, -0.25) is 9.13 Å². The van der Waals surface area contributed by atoms with Gasteiger partial charge in [-0.2, -0.15) is 0 Å². The summed E-state index contributed by atoms with van der Waals surface area (Å²) in [5, 5.41) is -2.63. The summed E-state index contributed by atoms with van der Waals surface area (Å²) in [6.45, 7) is -0.0454. The van der Waals surface area contributed by atoms with Crippen molar-refractivity contribution in [2.24, 2.45) is 0 Å². The molecule has 0 unspecified atom stereocenters. The summed E-state index contributed by atoms with van der Waals surface area (Å²) in [4.78, 5) is 36.2. The highest BCUT2D eigenvalue weighted by Crippen LogP contribution is 2.71. The van der Waals surface area contributed by atoms with Gasteiger partial charge in [-0.05, 0) is 12.8 Å². The molecule has 15 heavy (non-hydrogen) atoms. The van der Waals surface area contributed by atoms with Gasteiger partial charge in [0.2, 0.25) is 0 Å². The van der Waals surface area contributed by atoms with Crippen molar-refractivity contribution in [1.82, 2.24) is 0 Å². The second-order valence-corrected chi connectivity index (χ2v) is 7.46. The Morgan fingerprint density at radius 1 is 0.933 bits per heavy atom. The SMILES string of the molecule is O=P(O)(O)C1(P(=O)(O)O)CCCCCO1. The minimum atomic E-state index is -5.01. The van der Waals surface area contributed by atoms with E-state index in [4.69, 9.17) is 24.3 Å². The van der Waals surface area contributed by atoms with E-state index in [1.807, 2.05) is 0 Å². The predicted molar refractivity (Wildman–Crippen MR) is 51.2 cm³/mol. The van der Waals surface area contributed by atoms with Crippen LogP contribution in [0.3, 0.4) is 0 Å². The van der Waals surface area contributed by atoms with Gasteiger partial charge in [0.1, 0.15) is 0 Å². The van der Waals surface area contributed by atoms with Crippen LogP contribution in [0.25, 0.3) is 0 Å². The van der Waals surface area contributed by atoms with E-state index in [1.165, 1.54) is 0 Å². The molecule has 1 heterocycles. The van der Waals surface area contributed by atoms with Gasteiger partial charge in [-0.15, -0.1) is 0 Å². The Labute approximate surface area is 86.8 Å². The molecule has 0 aromatic rings. The molecule has 1 aliphatic rings. The van der Waals surface area contributed by atoms with Gasteiger partial charge < -0.3 is 24.3 Å². The zero-order valence-corrected chi connectivity index (χ0v) is 9.73. The Balaban J connectivity index is 3.17. The molecule has 1 saturated heterocycles. The lowest BCUT2D eigenvalue weighted by Gasteiger charge is -2.32. The molecule has 0 radical (unpaired) electrons. The third-order valence-electron chi connectivity index (χ3n) is 2.39. The van der Waals surface area contributed by atoms with Crippen LogP contribution in [-0.2, 0) is 13.9 Å². The second-order valence-electron chi connectivity index (χ2n) is 3.49. The van der Waals surface area contributed by atoms with E-state index in [0.29, 0.717) is 19.3 Å². The van der Waals surface area contributed by atoms with Crippen LogP contribution in [0, 0.1) is 0 Å². The van der Waals surface area contributed by atoms with E-state index in [1.54, 1.807) is 0 Å². The molecule has 0 aromatic carbocycles. The van der Waals surface area contributed by atoms with Gasteiger partial charge in [0.25, 0.3) is 5.08 Å². The highest BCUT2D eigenvalue weighted by atomic mass is 31.2. The maximum absolute atomic E-state index is 11.2. The van der Waals surface area contributed by atoms with E-state index < -0.39 is 20.3 Å². The molecule has 1 fully saturated rings. The summed E-state index contributed by atoms with van der Waals surface area (Å²) in [6.07, 6.45) is 1.20. The molecule has 0 aliphatic carbocycles. The number of hydrogen-bond donors (Lipinski definition) is 4. The Hall–Kier alpha value is 0.260. The smallest absolute Gasteiger partial charge is 0.352 e. The molecule has 0 aromatic heterocycles. The maximum atomic E-state index is 11.2. The summed E-state index contributed by atoms with van der Waals surface area (Å²) in [5.74, 6) is 0. The summed E-state index contributed by atoms with van der Waals surface area (Å²) < 4.78 is 27.2. The first-order chi connectivity index (χ1) is 6.71. The summed E-state index contributed by atoms with van der Waals surface area (Å²) in [7, 11) is -10.0. The number of ether oxygens (including phenoxy) is 1. The molecule has 0 spiro atoms. The van der Waals surface area contributed by atoms with Crippen molar-refractivity contribution >= 4 is 15.2 Å². The molecule has 4 N–H and O–H groups in total. The fourth-order valence-electron chi connectivity index (χ4n) is 1.57. The lowest BCUT2D eigenvalue weighted by Crippen LogP contribution is -2.31. The summed E-state index contributed by atoms with van der Waals surface area (Å²) >= 11 is 0. The van der Waals surface area contributed by atoms with E-state index in [9.17, 15) is 9.13 Å². The zero-order chi connectivity index (χ0) is 11.7. The largest absolute Gasteiger partial charge is 0.369 e. The van der Waals surface area contributed by atoms with Crippen molar-refractivity contribution in [1.29, 1.82) is 0 Å². The van der Waals surface area contributed by atoms with Crippen molar-refractivity contribution < 1.29 is 33.4 Å². The minimum Gasteiger partial charge on any atom is -0.352 e. The normalized spacial score (nSPS) is 23.5. The van der Waals surface area contributed by atoms with Gasteiger partial charge in [-0.1, -0.05) is 6.42 Å². The van der Waals surface area contributed by atoms with E-state index in [-0.39, 0.29) is 13.0 Å². The van der Waals surface area contributed by atoms with Crippen LogP contribution >= 0.6 is 15.2 Å². The molecule has 7 nitrogen and oxygen atoms in total. The molecular formula is C6H14O7P2. The van der Waals surface area contributed by atoms with E-state index in [0.717, 1.165) is 0 Å². The Bertz CT molecular complexity index is 283. The molecule has 1 rings (SSSR count). The average molecular weight is 260 g/mol. The first-order valence-corrected chi connectivity index (χ1v) is 7.68. The highest BCUT2D eigenvalue weighted by Gasteiger charge is 2.61. The third-order valence-corrected chi connectivity index (χ3v) is 6.48. The fourth-order valence-corrected chi connectivity index (χ4v) is 4.35. The average Bonchev–Trinajstić information content (AvgIpc) is 2.25. The quantitative estimate of drug-likeness (QED) is 0.535. The summed E-state index contributed by atoms with van der Waals surface area (Å²) in [6, 6.07) is 0. The van der Waals surface area contributed by atoms with Crippen LogP contribution in [0.15, 0.2) is 0 Å². The standard InChI is InChI=1S/C6H14O7P2/c7-14(8,9)6(15(10,11)12)4-2-1-3-5-13-6/h1-5H2,(H2,7,8,9)(H2,10,11,12). The van der Waals surface area contributed by atoms with Gasteiger partial charge in [-0.25, -0.2) is 0 Å². The van der Waals surface area contributed by atoms with Crippen molar-refractivity contribution in [3.8, 4) is 0 Å². The Morgan fingerprint density at radius 3 is 1.93 bits per heavy atom. The fraction of sp³-hybridized carbons (Fsp3) is 1.00. The molecular weight excluding hydrogens is 246 g/mol. The van der Waals surface area contributed by atoms with E-state index in [2.05, 4.69) is 0 Å². The van der Waals surface area contributed by atoms with Gasteiger partial charge in [0.05, 0.1) is 0 Å². The van der Waals surface area contributed by atoms with Crippen molar-refractivity contribution in [3.63, 3.8) is 0 Å². The molecule has 90 valence electrons. The lowest BCUT2D eigenvalue weighted by atomic mass is 10.2. The topological polar surface area (TPSA) is 124 Å². The van der Waals surface area contributed by atoms with Crippen molar-refractivity contribution in [2.45, 2.75) is 30.8 Å². The molecule has 0 atom stereocenters. The lowest BCUT2D eigenvalue weighted by molar-refractivity contribution is 0.0412. The first kappa shape index (κ1) is 13.3. The third kappa shape index (κ3) is 2.50. The van der Waals surface area contributed by atoms with E-state index >= 15 is 0 Å². The monoisotopic (exact) mass is 260 g/mol.